The highest BCUT2D eigenvalue weighted by atomic mass is 16.4. The fourth-order valence-corrected chi connectivity index (χ4v) is 2.31. The van der Waals surface area contributed by atoms with E-state index in [1.165, 1.54) is 6.20 Å². The average Bonchev–Trinajstić information content (AvgIpc) is 2.38. The van der Waals surface area contributed by atoms with Gasteiger partial charge in [-0.15, -0.1) is 0 Å². The molecular weight excluding hydrogens is 220 g/mol. The second kappa shape index (κ2) is 5.14. The molecule has 0 amide bonds. The van der Waals surface area contributed by atoms with Crippen LogP contribution in [0.4, 0.5) is 5.69 Å². The van der Waals surface area contributed by atoms with Gasteiger partial charge in [0, 0.05) is 18.9 Å². The zero-order valence-corrected chi connectivity index (χ0v) is 9.54. The molecule has 0 radical (unpaired) electrons. The van der Waals surface area contributed by atoms with Crippen molar-refractivity contribution in [1.82, 2.24) is 4.98 Å². The number of hydrogen-bond acceptors (Lipinski definition) is 4. The van der Waals surface area contributed by atoms with Crippen LogP contribution in [0.2, 0.25) is 0 Å². The van der Waals surface area contributed by atoms with Gasteiger partial charge >= 0.3 is 5.97 Å². The third-order valence-electron chi connectivity index (χ3n) is 3.18. The third kappa shape index (κ3) is 2.39. The van der Waals surface area contributed by atoms with E-state index >= 15 is 0 Å². The number of pyridine rings is 1. The molecule has 1 aromatic heterocycles. The first-order chi connectivity index (χ1) is 8.24. The zero-order valence-electron chi connectivity index (χ0n) is 9.54. The average molecular weight is 236 g/mol. The van der Waals surface area contributed by atoms with Crippen molar-refractivity contribution in [3.63, 3.8) is 0 Å². The van der Waals surface area contributed by atoms with Crippen LogP contribution in [-0.4, -0.2) is 40.4 Å². The maximum atomic E-state index is 11.1. The molecule has 1 atom stereocenters. The Morgan fingerprint density at radius 1 is 1.53 bits per heavy atom. The lowest BCUT2D eigenvalue weighted by atomic mass is 10.0. The highest BCUT2D eigenvalue weighted by Crippen LogP contribution is 2.27. The largest absolute Gasteiger partial charge is 0.478 e. The molecule has 1 aromatic rings. The van der Waals surface area contributed by atoms with Gasteiger partial charge in [-0.1, -0.05) is 0 Å². The molecule has 5 heteroatoms. The molecule has 5 nitrogen and oxygen atoms in total. The van der Waals surface area contributed by atoms with Gasteiger partial charge < -0.3 is 15.1 Å². The number of aromatic nitrogens is 1. The van der Waals surface area contributed by atoms with E-state index < -0.39 is 5.97 Å². The van der Waals surface area contributed by atoms with Crippen LogP contribution < -0.4 is 4.90 Å². The third-order valence-corrected chi connectivity index (χ3v) is 3.18. The molecule has 0 bridgehead atoms. The Bertz CT molecular complexity index is 408. The first-order valence-corrected chi connectivity index (χ1v) is 5.79. The number of carboxylic acids is 1. The zero-order chi connectivity index (χ0) is 12.3. The predicted octanol–water partition coefficient (Wildman–Crippen LogP) is 1.13. The molecule has 1 saturated heterocycles. The Hall–Kier alpha value is -1.62. The first-order valence-electron chi connectivity index (χ1n) is 5.79. The van der Waals surface area contributed by atoms with Gasteiger partial charge in [0.2, 0.25) is 0 Å². The molecule has 92 valence electrons. The van der Waals surface area contributed by atoms with Crippen molar-refractivity contribution in [1.29, 1.82) is 0 Å². The summed E-state index contributed by atoms with van der Waals surface area (Å²) in [7, 11) is 0. The van der Waals surface area contributed by atoms with Gasteiger partial charge in [-0.3, -0.25) is 4.98 Å². The van der Waals surface area contributed by atoms with Crippen molar-refractivity contribution in [3.8, 4) is 0 Å². The molecule has 1 fully saturated rings. The van der Waals surface area contributed by atoms with Crippen molar-refractivity contribution in [2.45, 2.75) is 25.3 Å². The number of carbonyl (C=O) groups is 1. The number of anilines is 1. The molecule has 0 spiro atoms. The van der Waals surface area contributed by atoms with Crippen LogP contribution in [0, 0.1) is 0 Å². The molecule has 2 N–H and O–H groups in total. The number of rotatable bonds is 3. The number of nitrogens with zero attached hydrogens (tertiary/aromatic N) is 2. The van der Waals surface area contributed by atoms with Gasteiger partial charge in [-0.25, -0.2) is 4.79 Å². The summed E-state index contributed by atoms with van der Waals surface area (Å²) >= 11 is 0. The van der Waals surface area contributed by atoms with Crippen LogP contribution in [0.3, 0.4) is 0 Å². The number of carboxylic acid groups (broad SMARTS) is 1. The second-order valence-electron chi connectivity index (χ2n) is 4.22. The van der Waals surface area contributed by atoms with Gasteiger partial charge in [0.1, 0.15) is 5.56 Å². The normalized spacial score (nSPS) is 20.3. The molecule has 0 aliphatic carbocycles. The van der Waals surface area contributed by atoms with Crippen molar-refractivity contribution < 1.29 is 15.0 Å². The fraction of sp³-hybridized carbons (Fsp3) is 0.500. The lowest BCUT2D eigenvalue weighted by Crippen LogP contribution is -2.42. The number of aromatic carboxylic acids is 1. The summed E-state index contributed by atoms with van der Waals surface area (Å²) in [5.74, 6) is -0.977. The Morgan fingerprint density at radius 2 is 2.35 bits per heavy atom. The van der Waals surface area contributed by atoms with E-state index in [2.05, 4.69) is 4.98 Å². The minimum Gasteiger partial charge on any atom is -0.478 e. The van der Waals surface area contributed by atoms with Crippen LogP contribution in [0.1, 0.15) is 29.6 Å². The van der Waals surface area contributed by atoms with Crippen LogP contribution in [0.15, 0.2) is 18.5 Å². The topological polar surface area (TPSA) is 73.7 Å². The van der Waals surface area contributed by atoms with E-state index in [0.717, 1.165) is 25.8 Å². The van der Waals surface area contributed by atoms with Gasteiger partial charge in [-0.05, 0) is 25.3 Å². The summed E-state index contributed by atoms with van der Waals surface area (Å²) in [6, 6.07) is 1.72. The Kier molecular flexibility index (Phi) is 3.58. The number of aliphatic hydroxyl groups is 1. The minimum atomic E-state index is -0.977. The lowest BCUT2D eigenvalue weighted by molar-refractivity contribution is 0.0696. The van der Waals surface area contributed by atoms with Crippen LogP contribution in [0.25, 0.3) is 0 Å². The SMILES string of the molecule is O=C(O)c1cnccc1N1CCCCC1CO. The molecule has 2 rings (SSSR count). The van der Waals surface area contributed by atoms with Gasteiger partial charge in [-0.2, -0.15) is 0 Å². The summed E-state index contributed by atoms with van der Waals surface area (Å²) in [6.45, 7) is 0.844. The number of aliphatic hydroxyl groups excluding tert-OH is 1. The van der Waals surface area contributed by atoms with E-state index in [0.29, 0.717) is 5.69 Å². The molecule has 1 aliphatic rings. The van der Waals surface area contributed by atoms with E-state index in [1.54, 1.807) is 12.3 Å². The summed E-state index contributed by atoms with van der Waals surface area (Å²) in [4.78, 5) is 17.0. The Balaban J connectivity index is 2.34. The maximum absolute atomic E-state index is 11.1. The summed E-state index contributed by atoms with van der Waals surface area (Å²) in [6.07, 6.45) is 5.95. The van der Waals surface area contributed by atoms with Crippen LogP contribution >= 0.6 is 0 Å². The van der Waals surface area contributed by atoms with E-state index in [4.69, 9.17) is 5.11 Å². The highest BCUT2D eigenvalue weighted by Gasteiger charge is 2.25. The maximum Gasteiger partial charge on any atom is 0.339 e. The fourth-order valence-electron chi connectivity index (χ4n) is 2.31. The van der Waals surface area contributed by atoms with Crippen molar-refractivity contribution in [2.24, 2.45) is 0 Å². The van der Waals surface area contributed by atoms with Gasteiger partial charge in [0.05, 0.1) is 18.3 Å². The first kappa shape index (κ1) is 11.9. The minimum absolute atomic E-state index is 0.0178. The van der Waals surface area contributed by atoms with Crippen LogP contribution in [-0.2, 0) is 0 Å². The van der Waals surface area contributed by atoms with Crippen molar-refractivity contribution >= 4 is 11.7 Å². The highest BCUT2D eigenvalue weighted by molar-refractivity contribution is 5.94. The van der Waals surface area contributed by atoms with Crippen molar-refractivity contribution in [2.75, 3.05) is 18.1 Å². The summed E-state index contributed by atoms with van der Waals surface area (Å²) in [5.41, 5.74) is 0.860. The Labute approximate surface area is 99.7 Å². The van der Waals surface area contributed by atoms with E-state index in [9.17, 15) is 9.90 Å². The van der Waals surface area contributed by atoms with E-state index in [-0.39, 0.29) is 18.2 Å². The Morgan fingerprint density at radius 3 is 3.06 bits per heavy atom. The quantitative estimate of drug-likeness (QED) is 0.823. The second-order valence-corrected chi connectivity index (χ2v) is 4.22. The number of hydrogen-bond donors (Lipinski definition) is 2. The molecule has 0 saturated carbocycles. The van der Waals surface area contributed by atoms with Gasteiger partial charge in [0.15, 0.2) is 0 Å². The summed E-state index contributed by atoms with van der Waals surface area (Å²) < 4.78 is 0. The molecule has 0 aromatic carbocycles. The standard InChI is InChI=1S/C12H16N2O3/c15-8-9-3-1-2-6-14(9)11-4-5-13-7-10(11)12(16)17/h4-5,7,9,15H,1-3,6,8H2,(H,16,17). The van der Waals surface area contributed by atoms with Crippen molar-refractivity contribution in [3.05, 3.63) is 24.0 Å². The van der Waals surface area contributed by atoms with Gasteiger partial charge in [0.25, 0.3) is 0 Å². The molecule has 17 heavy (non-hydrogen) atoms. The number of piperidine rings is 1. The lowest BCUT2D eigenvalue weighted by Gasteiger charge is -2.37. The monoisotopic (exact) mass is 236 g/mol. The predicted molar refractivity (Wildman–Crippen MR) is 63.3 cm³/mol. The molecular formula is C12H16N2O3. The molecule has 1 unspecified atom stereocenters. The van der Waals surface area contributed by atoms with Crippen LogP contribution in [0.5, 0.6) is 0 Å². The smallest absolute Gasteiger partial charge is 0.339 e. The molecule has 1 aliphatic heterocycles. The summed E-state index contributed by atoms with van der Waals surface area (Å²) in [5, 5.41) is 18.5. The van der Waals surface area contributed by atoms with E-state index in [1.807, 2.05) is 4.90 Å². The molecule has 2 heterocycles.